The molecule has 0 aliphatic rings. The lowest BCUT2D eigenvalue weighted by molar-refractivity contribution is 0.100. The number of aromatic nitrogens is 3. The number of hydrogen-bond donors (Lipinski definition) is 3. The number of anilines is 1. The fraction of sp³-hybridized carbons (Fsp3) is 0.0769. The lowest BCUT2D eigenvalue weighted by Crippen LogP contribution is -2.17. The molecule has 5 aromatic rings. The Morgan fingerprint density at radius 3 is 2.42 bits per heavy atom. The number of amides is 2. The maximum atomic E-state index is 13.6. The number of nitrogens with one attached hydrogen (secondary N) is 2. The molecule has 0 saturated heterocycles. The number of fused-ring (bicyclic) bond motifs is 1. The summed E-state index contributed by atoms with van der Waals surface area (Å²) in [6.07, 6.45) is -2.82. The highest BCUT2D eigenvalue weighted by molar-refractivity contribution is 7.21. The van der Waals surface area contributed by atoms with E-state index in [9.17, 15) is 18.4 Å². The van der Waals surface area contributed by atoms with Crippen LogP contribution in [0.4, 0.5) is 14.5 Å². The number of nitrogens with zero attached hydrogens (tertiary/aromatic N) is 2. The Kier molecular flexibility index (Phi) is 6.03. The van der Waals surface area contributed by atoms with Gasteiger partial charge in [-0.2, -0.15) is 5.10 Å². The summed E-state index contributed by atoms with van der Waals surface area (Å²) < 4.78 is 27.2. The molecule has 2 aromatic carbocycles. The number of halogens is 2. The van der Waals surface area contributed by atoms with E-state index in [-0.39, 0.29) is 21.1 Å². The van der Waals surface area contributed by atoms with Crippen molar-refractivity contribution in [2.24, 2.45) is 5.73 Å². The summed E-state index contributed by atoms with van der Waals surface area (Å²) >= 11 is 0.853. The van der Waals surface area contributed by atoms with Crippen molar-refractivity contribution in [3.05, 3.63) is 88.6 Å². The number of thiophene rings is 1. The first-order valence-corrected chi connectivity index (χ1v) is 11.7. The van der Waals surface area contributed by atoms with E-state index in [2.05, 4.69) is 20.5 Å². The second-order valence-corrected chi connectivity index (χ2v) is 9.10. The molecule has 0 aliphatic carbocycles. The van der Waals surface area contributed by atoms with E-state index in [1.165, 1.54) is 6.07 Å². The standard InChI is InChI=1S/C26H19F2N5O2S/c1-13-7-9-15(10-8-13)17-12-19(33-32-17)25(35)31-21-20-16(14-5-3-2-4-6-14)11-18(23(27)28)30-26(20)36-22(21)24(29)34/h2-12,23H,1H3,(H2,29,34)(H,31,35)(H,32,33). The van der Waals surface area contributed by atoms with Gasteiger partial charge >= 0.3 is 0 Å². The smallest absolute Gasteiger partial charge is 0.280 e. The molecule has 0 fully saturated rings. The van der Waals surface area contributed by atoms with Gasteiger partial charge < -0.3 is 11.1 Å². The summed E-state index contributed by atoms with van der Waals surface area (Å²) in [4.78, 5) is 29.7. The average Bonchev–Trinajstić information content (AvgIpc) is 3.50. The number of aromatic amines is 1. The van der Waals surface area contributed by atoms with Gasteiger partial charge in [0.25, 0.3) is 18.2 Å². The zero-order valence-corrected chi connectivity index (χ0v) is 19.7. The van der Waals surface area contributed by atoms with E-state index in [0.29, 0.717) is 22.2 Å². The first-order valence-electron chi connectivity index (χ1n) is 10.9. The lowest BCUT2D eigenvalue weighted by atomic mass is 10.0. The number of carbonyl (C=O) groups excluding carboxylic acids is 2. The Bertz CT molecular complexity index is 1590. The van der Waals surface area contributed by atoms with Crippen LogP contribution >= 0.6 is 11.3 Å². The Morgan fingerprint density at radius 2 is 1.75 bits per heavy atom. The molecule has 0 aliphatic heterocycles. The quantitative estimate of drug-likeness (QED) is 0.266. The van der Waals surface area contributed by atoms with E-state index in [1.54, 1.807) is 36.4 Å². The van der Waals surface area contributed by atoms with Gasteiger partial charge in [0.1, 0.15) is 21.1 Å². The van der Waals surface area contributed by atoms with Crippen LogP contribution in [0.1, 0.15) is 37.8 Å². The first kappa shape index (κ1) is 23.3. The van der Waals surface area contributed by atoms with Crippen molar-refractivity contribution in [2.75, 3.05) is 5.32 Å². The van der Waals surface area contributed by atoms with Crippen LogP contribution in [-0.2, 0) is 0 Å². The molecule has 0 radical (unpaired) electrons. The van der Waals surface area contributed by atoms with E-state index in [1.807, 2.05) is 31.2 Å². The van der Waals surface area contributed by atoms with Crippen LogP contribution in [0.25, 0.3) is 32.6 Å². The van der Waals surface area contributed by atoms with E-state index in [4.69, 9.17) is 5.73 Å². The van der Waals surface area contributed by atoms with Gasteiger partial charge in [0.15, 0.2) is 0 Å². The molecule has 180 valence electrons. The summed E-state index contributed by atoms with van der Waals surface area (Å²) in [5.41, 5.74) is 8.94. The molecule has 36 heavy (non-hydrogen) atoms. The van der Waals surface area contributed by atoms with Crippen molar-refractivity contribution in [1.29, 1.82) is 0 Å². The molecule has 10 heteroatoms. The third-order valence-corrected chi connectivity index (χ3v) is 6.72. The van der Waals surface area contributed by atoms with Gasteiger partial charge in [0.05, 0.1) is 11.4 Å². The molecule has 3 aromatic heterocycles. The third-order valence-electron chi connectivity index (χ3n) is 5.62. The number of nitrogens with two attached hydrogens (primary N) is 1. The van der Waals surface area contributed by atoms with Crippen LogP contribution in [0.2, 0.25) is 0 Å². The molecule has 0 bridgehead atoms. The number of aryl methyl sites for hydroxylation is 1. The average molecular weight is 504 g/mol. The lowest BCUT2D eigenvalue weighted by Gasteiger charge is -2.10. The van der Waals surface area contributed by atoms with Crippen molar-refractivity contribution < 1.29 is 18.4 Å². The normalized spacial score (nSPS) is 11.2. The van der Waals surface area contributed by atoms with Crippen LogP contribution in [0, 0.1) is 6.92 Å². The largest absolute Gasteiger partial charge is 0.365 e. The van der Waals surface area contributed by atoms with Gasteiger partial charge in [-0.1, -0.05) is 60.2 Å². The van der Waals surface area contributed by atoms with Gasteiger partial charge in [-0.25, -0.2) is 13.8 Å². The van der Waals surface area contributed by atoms with Gasteiger partial charge in [0, 0.05) is 10.9 Å². The molecule has 2 amide bonds. The van der Waals surface area contributed by atoms with Crippen molar-refractivity contribution >= 4 is 39.1 Å². The van der Waals surface area contributed by atoms with Gasteiger partial charge in [-0.05, 0) is 30.2 Å². The van der Waals surface area contributed by atoms with E-state index >= 15 is 0 Å². The maximum Gasteiger partial charge on any atom is 0.280 e. The molecule has 3 heterocycles. The van der Waals surface area contributed by atoms with Crippen LogP contribution in [0.3, 0.4) is 0 Å². The van der Waals surface area contributed by atoms with Gasteiger partial charge in [0.2, 0.25) is 0 Å². The van der Waals surface area contributed by atoms with Crippen LogP contribution in [0.15, 0.2) is 66.7 Å². The minimum atomic E-state index is -2.82. The summed E-state index contributed by atoms with van der Waals surface area (Å²) in [6.45, 7) is 1.97. The highest BCUT2D eigenvalue weighted by Gasteiger charge is 2.25. The third kappa shape index (κ3) is 4.34. The Morgan fingerprint density at radius 1 is 1.03 bits per heavy atom. The number of pyridine rings is 1. The summed E-state index contributed by atoms with van der Waals surface area (Å²) in [7, 11) is 0. The minimum Gasteiger partial charge on any atom is -0.365 e. The SMILES string of the molecule is Cc1ccc(-c2cc(C(=O)Nc3c(C(N)=O)sc4nc(C(F)F)cc(-c5ccccc5)c34)[nH]n2)cc1. The second-order valence-electron chi connectivity index (χ2n) is 8.10. The van der Waals surface area contributed by atoms with Gasteiger partial charge in [-0.15, -0.1) is 11.3 Å². The Balaban J connectivity index is 1.61. The van der Waals surface area contributed by atoms with Crippen LogP contribution < -0.4 is 11.1 Å². The van der Waals surface area contributed by atoms with E-state index < -0.39 is 23.9 Å². The molecule has 0 saturated carbocycles. The highest BCUT2D eigenvalue weighted by Crippen LogP contribution is 2.42. The number of H-pyrrole nitrogens is 1. The number of primary amides is 1. The highest BCUT2D eigenvalue weighted by atomic mass is 32.1. The minimum absolute atomic E-state index is 0.00715. The number of alkyl halides is 2. The predicted molar refractivity (Wildman–Crippen MR) is 135 cm³/mol. The van der Waals surface area contributed by atoms with Crippen molar-refractivity contribution in [3.63, 3.8) is 0 Å². The molecule has 7 nitrogen and oxygen atoms in total. The predicted octanol–water partition coefficient (Wildman–Crippen LogP) is 5.95. The molecule has 0 unspecified atom stereocenters. The zero-order chi connectivity index (χ0) is 25.4. The summed E-state index contributed by atoms with van der Waals surface area (Å²) in [6, 6.07) is 19.3. The fourth-order valence-electron chi connectivity index (χ4n) is 3.86. The number of benzene rings is 2. The second kappa shape index (κ2) is 9.31. The number of carbonyl (C=O) groups is 2. The fourth-order valence-corrected chi connectivity index (χ4v) is 4.87. The molecule has 5 rings (SSSR count). The van der Waals surface area contributed by atoms with Gasteiger partial charge in [-0.3, -0.25) is 14.7 Å². The monoisotopic (exact) mass is 503 g/mol. The van der Waals surface area contributed by atoms with E-state index in [0.717, 1.165) is 22.5 Å². The first-order chi connectivity index (χ1) is 17.3. The number of hydrogen-bond acceptors (Lipinski definition) is 5. The van der Waals surface area contributed by atoms with Crippen LogP contribution in [-0.4, -0.2) is 27.0 Å². The zero-order valence-electron chi connectivity index (χ0n) is 18.9. The Labute approximate surface area is 208 Å². The maximum absolute atomic E-state index is 13.6. The number of rotatable bonds is 6. The van der Waals surface area contributed by atoms with Crippen molar-refractivity contribution in [1.82, 2.24) is 15.2 Å². The van der Waals surface area contributed by atoms with Crippen molar-refractivity contribution in [3.8, 4) is 22.4 Å². The Hall–Kier alpha value is -4.44. The molecular weight excluding hydrogens is 484 g/mol. The topological polar surface area (TPSA) is 114 Å². The van der Waals surface area contributed by atoms with Crippen LogP contribution in [0.5, 0.6) is 0 Å². The summed E-state index contributed by atoms with van der Waals surface area (Å²) in [5.74, 6) is -1.38. The molecule has 4 N–H and O–H groups in total. The summed E-state index contributed by atoms with van der Waals surface area (Å²) in [5, 5.41) is 10.0. The molecule has 0 atom stereocenters. The van der Waals surface area contributed by atoms with Crippen molar-refractivity contribution in [2.45, 2.75) is 13.3 Å². The molecular formula is C26H19F2N5O2S. The molecule has 0 spiro atoms.